The Morgan fingerprint density at radius 3 is 2.64 bits per heavy atom. The number of pyridine rings is 2. The van der Waals surface area contributed by atoms with Crippen LogP contribution in [0, 0.1) is 5.82 Å². The number of aromatic nitrogens is 2. The first-order chi connectivity index (χ1) is 21.0. The highest BCUT2D eigenvalue weighted by Crippen LogP contribution is 2.44. The van der Waals surface area contributed by atoms with E-state index in [1.165, 1.54) is 12.1 Å². The van der Waals surface area contributed by atoms with Crippen LogP contribution in [0.5, 0.6) is 11.5 Å². The predicted molar refractivity (Wildman–Crippen MR) is 163 cm³/mol. The van der Waals surface area contributed by atoms with Gasteiger partial charge in [-0.2, -0.15) is 0 Å². The standard InChI is InChI=1S/C34H35FN4O5/c1-33(2,42)18-38-32(41)34(3)19-43-30-26(34)17-24(39-29(30)20-6-8-23(35)9-7-20)12-14-37-31(40)22-15-21-5-4-13-36-28(21)27(16-22)44-25-10-11-25/h4-9,13,15-17,25,42H,10-12,14,18-19H2,1-3H3,(H,37,40)(H,38,41)/t34-/m0/s1. The molecule has 1 fully saturated rings. The number of rotatable bonds is 10. The van der Waals surface area contributed by atoms with Crippen molar-refractivity contribution >= 4 is 22.7 Å². The summed E-state index contributed by atoms with van der Waals surface area (Å²) in [5.74, 6) is 0.135. The Kier molecular flexibility index (Phi) is 7.71. The van der Waals surface area contributed by atoms with E-state index < -0.39 is 11.0 Å². The summed E-state index contributed by atoms with van der Waals surface area (Å²) in [6.07, 6.45) is 4.22. The van der Waals surface area contributed by atoms with E-state index in [2.05, 4.69) is 15.6 Å². The zero-order valence-electron chi connectivity index (χ0n) is 24.9. The molecule has 1 atom stereocenters. The summed E-state index contributed by atoms with van der Waals surface area (Å²) < 4.78 is 25.8. The summed E-state index contributed by atoms with van der Waals surface area (Å²) >= 11 is 0. The van der Waals surface area contributed by atoms with Crippen molar-refractivity contribution in [2.75, 3.05) is 19.7 Å². The van der Waals surface area contributed by atoms with Crippen LogP contribution in [0.3, 0.4) is 0 Å². The number of carbonyl (C=O) groups is 2. The first-order valence-corrected chi connectivity index (χ1v) is 14.8. The molecule has 4 aromatic rings. The molecular weight excluding hydrogens is 563 g/mol. The summed E-state index contributed by atoms with van der Waals surface area (Å²) in [7, 11) is 0. The highest BCUT2D eigenvalue weighted by Gasteiger charge is 2.45. The van der Waals surface area contributed by atoms with Crippen LogP contribution in [0.25, 0.3) is 22.2 Å². The maximum atomic E-state index is 13.7. The summed E-state index contributed by atoms with van der Waals surface area (Å²) in [5.41, 5.74) is 1.48. The molecule has 3 heterocycles. The molecule has 2 aromatic carbocycles. The topological polar surface area (TPSA) is 123 Å². The number of nitrogens with zero attached hydrogens (tertiary/aromatic N) is 2. The molecule has 0 spiro atoms. The van der Waals surface area contributed by atoms with Gasteiger partial charge >= 0.3 is 0 Å². The summed E-state index contributed by atoms with van der Waals surface area (Å²) in [4.78, 5) is 35.9. The molecule has 1 aliphatic carbocycles. The average Bonchev–Trinajstić information content (AvgIpc) is 3.76. The molecule has 44 heavy (non-hydrogen) atoms. The number of amides is 2. The minimum absolute atomic E-state index is 0.0732. The molecule has 228 valence electrons. The van der Waals surface area contributed by atoms with Gasteiger partial charge in [0.15, 0.2) is 0 Å². The van der Waals surface area contributed by atoms with E-state index in [1.54, 1.807) is 51.2 Å². The second-order valence-corrected chi connectivity index (χ2v) is 12.3. The van der Waals surface area contributed by atoms with Gasteiger partial charge in [0, 0.05) is 53.5 Å². The zero-order chi connectivity index (χ0) is 31.1. The fourth-order valence-electron chi connectivity index (χ4n) is 5.20. The third-order valence-electron chi connectivity index (χ3n) is 7.84. The van der Waals surface area contributed by atoms with Crippen molar-refractivity contribution in [1.29, 1.82) is 0 Å². The second kappa shape index (κ2) is 11.5. The van der Waals surface area contributed by atoms with Gasteiger partial charge in [0.2, 0.25) is 5.91 Å². The van der Waals surface area contributed by atoms with Gasteiger partial charge in [-0.1, -0.05) is 6.07 Å². The van der Waals surface area contributed by atoms with Gasteiger partial charge in [-0.15, -0.1) is 0 Å². The minimum atomic E-state index is -1.08. The fraction of sp³-hybridized carbons (Fsp3) is 0.353. The predicted octanol–water partition coefficient (Wildman–Crippen LogP) is 4.49. The first-order valence-electron chi connectivity index (χ1n) is 14.8. The number of hydrogen-bond acceptors (Lipinski definition) is 7. The highest BCUT2D eigenvalue weighted by molar-refractivity contribution is 6.00. The quantitative estimate of drug-likeness (QED) is 0.246. The molecule has 6 rings (SSSR count). The molecule has 2 amide bonds. The van der Waals surface area contributed by atoms with Gasteiger partial charge in [-0.05, 0) is 82.1 Å². The normalized spacial score (nSPS) is 17.6. The number of halogens is 1. The number of benzene rings is 2. The van der Waals surface area contributed by atoms with Crippen molar-refractivity contribution in [2.45, 2.75) is 57.2 Å². The molecule has 10 heteroatoms. The number of fused-ring (bicyclic) bond motifs is 2. The SMILES string of the molecule is CC(C)(O)CNC(=O)[C@@]1(C)COc2c1cc(CCNC(=O)c1cc(OC3CC3)c3ncccc3c1)nc2-c1ccc(F)cc1. The van der Waals surface area contributed by atoms with Gasteiger partial charge < -0.3 is 25.2 Å². The van der Waals surface area contributed by atoms with E-state index in [1.807, 2.05) is 18.2 Å². The van der Waals surface area contributed by atoms with Crippen LogP contribution in [0.4, 0.5) is 4.39 Å². The van der Waals surface area contributed by atoms with Crippen LogP contribution in [-0.2, 0) is 16.6 Å². The number of aliphatic hydroxyl groups is 1. The summed E-state index contributed by atoms with van der Waals surface area (Å²) in [6, 6.07) is 15.0. The zero-order valence-corrected chi connectivity index (χ0v) is 24.9. The number of nitrogens with one attached hydrogen (secondary N) is 2. The van der Waals surface area contributed by atoms with Crippen molar-refractivity contribution in [3.05, 3.63) is 83.4 Å². The Bertz CT molecular complexity index is 1730. The Morgan fingerprint density at radius 2 is 1.91 bits per heavy atom. The molecule has 0 unspecified atom stereocenters. The third-order valence-corrected chi connectivity index (χ3v) is 7.84. The molecule has 1 saturated carbocycles. The lowest BCUT2D eigenvalue weighted by Crippen LogP contribution is -2.48. The molecule has 2 aliphatic rings. The van der Waals surface area contributed by atoms with E-state index in [-0.39, 0.29) is 43.4 Å². The van der Waals surface area contributed by atoms with Gasteiger partial charge in [0.05, 0.1) is 11.7 Å². The smallest absolute Gasteiger partial charge is 0.251 e. The summed E-state index contributed by atoms with van der Waals surface area (Å²) in [6.45, 7) is 5.46. The van der Waals surface area contributed by atoms with Crippen LogP contribution in [0.2, 0.25) is 0 Å². The molecule has 0 bridgehead atoms. The van der Waals surface area contributed by atoms with Crippen molar-refractivity contribution in [2.24, 2.45) is 0 Å². The van der Waals surface area contributed by atoms with Crippen LogP contribution >= 0.6 is 0 Å². The minimum Gasteiger partial charge on any atom is -0.489 e. The molecule has 9 nitrogen and oxygen atoms in total. The van der Waals surface area contributed by atoms with Crippen molar-refractivity contribution < 1.29 is 28.6 Å². The van der Waals surface area contributed by atoms with Crippen molar-refractivity contribution in [3.63, 3.8) is 0 Å². The monoisotopic (exact) mass is 598 g/mol. The maximum Gasteiger partial charge on any atom is 0.251 e. The lowest BCUT2D eigenvalue weighted by Gasteiger charge is -2.25. The Morgan fingerprint density at radius 1 is 1.14 bits per heavy atom. The highest BCUT2D eigenvalue weighted by atomic mass is 19.1. The average molecular weight is 599 g/mol. The van der Waals surface area contributed by atoms with Gasteiger partial charge in [-0.25, -0.2) is 9.37 Å². The van der Waals surface area contributed by atoms with Crippen LogP contribution in [0.15, 0.2) is 60.8 Å². The Hall–Kier alpha value is -4.57. The molecular formula is C34H35FN4O5. The maximum absolute atomic E-state index is 13.7. The van der Waals surface area contributed by atoms with Crippen LogP contribution in [-0.4, -0.2) is 58.3 Å². The lowest BCUT2D eigenvalue weighted by atomic mass is 9.82. The third kappa shape index (κ3) is 6.21. The second-order valence-electron chi connectivity index (χ2n) is 12.3. The number of carbonyl (C=O) groups excluding carboxylic acids is 2. The van der Waals surface area contributed by atoms with Crippen molar-refractivity contribution in [3.8, 4) is 22.8 Å². The van der Waals surface area contributed by atoms with E-state index in [0.29, 0.717) is 46.0 Å². The Balaban J connectivity index is 1.25. The van der Waals surface area contributed by atoms with E-state index >= 15 is 0 Å². The first kappa shape index (κ1) is 29.5. The van der Waals surface area contributed by atoms with E-state index in [4.69, 9.17) is 14.5 Å². The number of ether oxygens (including phenoxy) is 2. The van der Waals surface area contributed by atoms with Crippen molar-refractivity contribution in [1.82, 2.24) is 20.6 Å². The molecule has 1 aliphatic heterocycles. The van der Waals surface area contributed by atoms with Crippen LogP contribution in [0.1, 0.15) is 55.2 Å². The van der Waals surface area contributed by atoms with Gasteiger partial charge in [0.25, 0.3) is 5.91 Å². The number of hydrogen-bond donors (Lipinski definition) is 3. The van der Waals surface area contributed by atoms with E-state index in [9.17, 15) is 19.1 Å². The van der Waals surface area contributed by atoms with E-state index in [0.717, 1.165) is 23.7 Å². The van der Waals surface area contributed by atoms with Gasteiger partial charge in [-0.3, -0.25) is 14.6 Å². The Labute approximate surface area is 254 Å². The van der Waals surface area contributed by atoms with Crippen LogP contribution < -0.4 is 20.1 Å². The fourth-order valence-corrected chi connectivity index (χ4v) is 5.20. The molecule has 2 aromatic heterocycles. The summed E-state index contributed by atoms with van der Waals surface area (Å²) in [5, 5.41) is 16.8. The molecule has 0 saturated heterocycles. The molecule has 0 radical (unpaired) electrons. The lowest BCUT2D eigenvalue weighted by molar-refractivity contribution is -0.127. The largest absolute Gasteiger partial charge is 0.489 e. The van der Waals surface area contributed by atoms with Gasteiger partial charge in [0.1, 0.15) is 40.5 Å². The molecule has 3 N–H and O–H groups in total.